The molecule has 27 heavy (non-hydrogen) atoms. The number of esters is 1. The van der Waals surface area contributed by atoms with Crippen molar-refractivity contribution in [3.05, 3.63) is 76.4 Å². The smallest absolute Gasteiger partial charge is 0.330 e. The van der Waals surface area contributed by atoms with E-state index < -0.39 is 0 Å². The number of benzene rings is 2. The Morgan fingerprint density at radius 3 is 2.59 bits per heavy atom. The summed E-state index contributed by atoms with van der Waals surface area (Å²) in [6.45, 7) is 3.07. The summed E-state index contributed by atoms with van der Waals surface area (Å²) >= 11 is 0. The minimum Gasteiger partial charge on any atom is -0.466 e. The lowest BCUT2D eigenvalue weighted by atomic mass is 10.0. The highest BCUT2D eigenvalue weighted by molar-refractivity contribution is 5.86. The summed E-state index contributed by atoms with van der Waals surface area (Å²) < 4.78 is 4.59. The lowest BCUT2D eigenvalue weighted by Crippen LogP contribution is -2.19. The van der Waals surface area contributed by atoms with E-state index in [4.69, 9.17) is 0 Å². The third kappa shape index (κ3) is 5.57. The van der Waals surface area contributed by atoms with Crippen LogP contribution in [0.2, 0.25) is 0 Å². The van der Waals surface area contributed by atoms with E-state index in [1.165, 1.54) is 37.2 Å². The van der Waals surface area contributed by atoms with Gasteiger partial charge in [-0.1, -0.05) is 36.1 Å². The van der Waals surface area contributed by atoms with E-state index in [0.717, 1.165) is 29.3 Å². The van der Waals surface area contributed by atoms with Gasteiger partial charge in [0.15, 0.2) is 0 Å². The topological polar surface area (TPSA) is 29.5 Å². The van der Waals surface area contributed by atoms with Crippen LogP contribution in [-0.4, -0.2) is 31.1 Å². The maximum absolute atomic E-state index is 11.1. The highest BCUT2D eigenvalue weighted by atomic mass is 16.5. The molecule has 2 aromatic rings. The van der Waals surface area contributed by atoms with E-state index in [1.54, 1.807) is 6.08 Å². The molecule has 1 saturated carbocycles. The summed E-state index contributed by atoms with van der Waals surface area (Å²) in [4.78, 5) is 13.6. The molecule has 1 aliphatic carbocycles. The van der Waals surface area contributed by atoms with Crippen LogP contribution in [0.5, 0.6) is 0 Å². The van der Waals surface area contributed by atoms with Crippen LogP contribution in [0.15, 0.2) is 48.5 Å². The number of hydrogen-bond acceptors (Lipinski definition) is 3. The van der Waals surface area contributed by atoms with Crippen LogP contribution in [0.25, 0.3) is 6.08 Å². The molecule has 0 aliphatic heterocycles. The average Bonchev–Trinajstić information content (AvgIpc) is 3.52. The zero-order chi connectivity index (χ0) is 19.2. The Balaban J connectivity index is 1.70. The molecule has 0 amide bonds. The van der Waals surface area contributed by atoms with Crippen LogP contribution in [-0.2, 0) is 16.1 Å². The Morgan fingerprint density at radius 1 is 1.19 bits per heavy atom. The largest absolute Gasteiger partial charge is 0.466 e. The lowest BCUT2D eigenvalue weighted by Gasteiger charge is -2.16. The summed E-state index contributed by atoms with van der Waals surface area (Å²) in [5.41, 5.74) is 5.46. The zero-order valence-electron chi connectivity index (χ0n) is 16.2. The average molecular weight is 359 g/mol. The first-order valence-corrected chi connectivity index (χ1v) is 9.23. The summed E-state index contributed by atoms with van der Waals surface area (Å²) in [5.74, 6) is 6.19. The van der Waals surface area contributed by atoms with Crippen molar-refractivity contribution in [1.29, 1.82) is 0 Å². The predicted octanol–water partition coefficient (Wildman–Crippen LogP) is 4.18. The number of ether oxygens (including phenoxy) is 1. The third-order valence-corrected chi connectivity index (χ3v) is 4.77. The first kappa shape index (κ1) is 18.9. The van der Waals surface area contributed by atoms with Gasteiger partial charge in [-0.15, -0.1) is 0 Å². The minimum atomic E-state index is -0.360. The normalized spacial score (nSPS) is 13.5. The molecule has 1 aliphatic rings. The standard InChI is InChI=1S/C24H25NO2/c1-18-4-5-21(17-25(2)23-13-14-23)16-22(18)12-10-19-6-8-20(9-7-19)11-15-24(26)27-3/h4-9,11,15-16,23H,13-14,17H2,1-3H3/b15-11+. The number of nitrogens with zero attached hydrogens (tertiary/aromatic N) is 1. The third-order valence-electron chi connectivity index (χ3n) is 4.77. The van der Waals surface area contributed by atoms with E-state index in [9.17, 15) is 4.79 Å². The highest BCUT2D eigenvalue weighted by Gasteiger charge is 2.25. The highest BCUT2D eigenvalue weighted by Crippen LogP contribution is 2.27. The van der Waals surface area contributed by atoms with Crippen molar-refractivity contribution in [3.8, 4) is 11.8 Å². The SMILES string of the molecule is COC(=O)/C=C/c1ccc(C#Cc2cc(CN(C)C3CC3)ccc2C)cc1. The number of carbonyl (C=O) groups excluding carboxylic acids is 1. The van der Waals surface area contributed by atoms with Crippen molar-refractivity contribution in [2.45, 2.75) is 32.4 Å². The molecule has 0 unspecified atom stereocenters. The summed E-state index contributed by atoms with van der Waals surface area (Å²) in [7, 11) is 3.56. The summed E-state index contributed by atoms with van der Waals surface area (Å²) in [5, 5.41) is 0. The maximum Gasteiger partial charge on any atom is 0.330 e. The van der Waals surface area contributed by atoms with Gasteiger partial charge in [-0.25, -0.2) is 4.79 Å². The summed E-state index contributed by atoms with van der Waals surface area (Å²) in [6, 6.07) is 15.1. The lowest BCUT2D eigenvalue weighted by molar-refractivity contribution is -0.134. The van der Waals surface area contributed by atoms with E-state index in [1.807, 2.05) is 24.3 Å². The Labute approximate surface area is 161 Å². The van der Waals surface area contributed by atoms with E-state index >= 15 is 0 Å². The molecule has 0 radical (unpaired) electrons. The quantitative estimate of drug-likeness (QED) is 0.456. The van der Waals surface area contributed by atoms with Gasteiger partial charge in [0.1, 0.15) is 0 Å². The van der Waals surface area contributed by atoms with Crippen molar-refractivity contribution >= 4 is 12.0 Å². The Kier molecular flexibility index (Phi) is 6.11. The Bertz CT molecular complexity index is 896. The first-order chi connectivity index (χ1) is 13.0. The molecule has 0 aromatic heterocycles. The van der Waals surface area contributed by atoms with Gasteiger partial charge < -0.3 is 4.74 Å². The molecule has 0 atom stereocenters. The van der Waals surface area contributed by atoms with Crippen molar-refractivity contribution in [3.63, 3.8) is 0 Å². The molecule has 1 fully saturated rings. The second kappa shape index (κ2) is 8.70. The van der Waals surface area contributed by atoms with Gasteiger partial charge >= 0.3 is 5.97 Å². The Morgan fingerprint density at radius 2 is 1.93 bits per heavy atom. The van der Waals surface area contributed by atoms with Gasteiger partial charge in [0.05, 0.1) is 7.11 Å². The molecule has 0 heterocycles. The monoisotopic (exact) mass is 359 g/mol. The van der Waals surface area contributed by atoms with Crippen LogP contribution in [0, 0.1) is 18.8 Å². The fraction of sp³-hybridized carbons (Fsp3) is 0.292. The predicted molar refractivity (Wildman–Crippen MR) is 109 cm³/mol. The molecule has 2 aromatic carbocycles. The van der Waals surface area contributed by atoms with Crippen LogP contribution < -0.4 is 0 Å². The van der Waals surface area contributed by atoms with Crippen molar-refractivity contribution in [1.82, 2.24) is 4.90 Å². The molecule has 3 heteroatoms. The number of methoxy groups -OCH3 is 1. The fourth-order valence-corrected chi connectivity index (χ4v) is 2.88. The molecule has 0 bridgehead atoms. The van der Waals surface area contributed by atoms with Gasteiger partial charge in [0.25, 0.3) is 0 Å². The van der Waals surface area contributed by atoms with E-state index in [-0.39, 0.29) is 5.97 Å². The van der Waals surface area contributed by atoms with Gasteiger partial charge in [-0.05, 0) is 67.8 Å². The van der Waals surface area contributed by atoms with Crippen LogP contribution in [0.1, 0.15) is 40.7 Å². The van der Waals surface area contributed by atoms with Gasteiger partial charge in [-0.2, -0.15) is 0 Å². The molecule has 0 saturated heterocycles. The first-order valence-electron chi connectivity index (χ1n) is 9.23. The number of carbonyl (C=O) groups is 1. The van der Waals surface area contributed by atoms with Crippen LogP contribution >= 0.6 is 0 Å². The van der Waals surface area contributed by atoms with Gasteiger partial charge in [-0.3, -0.25) is 4.90 Å². The molecule has 0 spiro atoms. The number of rotatable bonds is 5. The number of aryl methyl sites for hydroxylation is 1. The van der Waals surface area contributed by atoms with Crippen LogP contribution in [0.3, 0.4) is 0 Å². The van der Waals surface area contributed by atoms with Crippen LogP contribution in [0.4, 0.5) is 0 Å². The van der Waals surface area contributed by atoms with Crippen molar-refractivity contribution in [2.75, 3.05) is 14.2 Å². The molecule has 0 N–H and O–H groups in total. The van der Waals surface area contributed by atoms with Crippen molar-refractivity contribution in [2.24, 2.45) is 0 Å². The second-order valence-electron chi connectivity index (χ2n) is 7.02. The summed E-state index contributed by atoms with van der Waals surface area (Å²) in [6.07, 6.45) is 5.78. The number of hydrogen-bond donors (Lipinski definition) is 0. The van der Waals surface area contributed by atoms with Crippen molar-refractivity contribution < 1.29 is 9.53 Å². The molecule has 3 rings (SSSR count). The fourth-order valence-electron chi connectivity index (χ4n) is 2.88. The maximum atomic E-state index is 11.1. The molecular weight excluding hydrogens is 334 g/mol. The minimum absolute atomic E-state index is 0.360. The van der Waals surface area contributed by atoms with Gasteiger partial charge in [0, 0.05) is 29.8 Å². The molecule has 3 nitrogen and oxygen atoms in total. The second-order valence-corrected chi connectivity index (χ2v) is 7.02. The zero-order valence-corrected chi connectivity index (χ0v) is 16.2. The van der Waals surface area contributed by atoms with Gasteiger partial charge in [0.2, 0.25) is 0 Å². The molecule has 138 valence electrons. The van der Waals surface area contributed by atoms with E-state index in [0.29, 0.717) is 0 Å². The molecular formula is C24H25NO2. The Hall–Kier alpha value is -2.83. The van der Waals surface area contributed by atoms with E-state index in [2.05, 4.69) is 53.6 Å².